The van der Waals surface area contributed by atoms with Gasteiger partial charge in [0.25, 0.3) is 0 Å². The van der Waals surface area contributed by atoms with Gasteiger partial charge in [0, 0.05) is 37.4 Å². The van der Waals surface area contributed by atoms with E-state index in [2.05, 4.69) is 26.0 Å². The van der Waals surface area contributed by atoms with Crippen molar-refractivity contribution in [3.63, 3.8) is 0 Å². The van der Waals surface area contributed by atoms with Gasteiger partial charge in [-0.05, 0) is 81.1 Å². The lowest BCUT2D eigenvalue weighted by Gasteiger charge is -2.45. The molecule has 8 nitrogen and oxygen atoms in total. The van der Waals surface area contributed by atoms with E-state index in [1.807, 2.05) is 71.0 Å². The van der Waals surface area contributed by atoms with Crippen LogP contribution in [0.3, 0.4) is 0 Å². The van der Waals surface area contributed by atoms with E-state index in [4.69, 9.17) is 27.9 Å². The fourth-order valence-electron chi connectivity index (χ4n) is 5.02. The molecule has 3 atom stereocenters. The lowest BCUT2D eigenvalue weighted by Crippen LogP contribution is -2.52. The van der Waals surface area contributed by atoms with Crippen LogP contribution in [0.5, 0.6) is 0 Å². The number of aromatic nitrogens is 1. The maximum absolute atomic E-state index is 12.4. The van der Waals surface area contributed by atoms with Crippen LogP contribution < -0.4 is 10.2 Å². The Morgan fingerprint density at radius 1 is 1.07 bits per heavy atom. The fourth-order valence-corrected chi connectivity index (χ4v) is 6.47. The number of carbonyl (C=O) groups is 1. The number of ether oxygens (including phenoxy) is 1. The summed E-state index contributed by atoms with van der Waals surface area (Å²) in [6, 6.07) is 17.2. The zero-order chi connectivity index (χ0) is 32.5. The summed E-state index contributed by atoms with van der Waals surface area (Å²) in [5.41, 5.74) is 0.975. The highest BCUT2D eigenvalue weighted by Crippen LogP contribution is 2.36. The minimum absolute atomic E-state index is 0.0422. The second-order valence-corrected chi connectivity index (χ2v) is 13.9. The Kier molecular flexibility index (Phi) is 13.1. The number of pyridine rings is 1. The highest BCUT2D eigenvalue weighted by molar-refractivity contribution is 7.47. The molecule has 1 aliphatic heterocycles. The summed E-state index contributed by atoms with van der Waals surface area (Å²) in [4.78, 5) is 31.8. The summed E-state index contributed by atoms with van der Waals surface area (Å²) in [7, 11) is 0.470. The van der Waals surface area contributed by atoms with Gasteiger partial charge in [0.2, 0.25) is 0 Å². The lowest BCUT2D eigenvalue weighted by molar-refractivity contribution is 0.00459. The quantitative estimate of drug-likeness (QED) is 0.106. The van der Waals surface area contributed by atoms with Crippen molar-refractivity contribution < 1.29 is 14.6 Å². The number of β-amino-alcohol motifs (C(OH)–C–C–N with tert-alkyl or cyclic N) is 1. The maximum atomic E-state index is 12.4. The van der Waals surface area contributed by atoms with Gasteiger partial charge < -0.3 is 14.7 Å². The van der Waals surface area contributed by atoms with E-state index in [-0.39, 0.29) is 6.04 Å². The SMILES string of the molecule is CC.CC(C)(C)OC(=O)c1ccc([C@](C)(O)CN2CCN(c3ccc(PCCN=O)cc3Cl)[C@H](c3ccc(Cl)cc3)C2)nc1. The third-order valence-corrected chi connectivity index (χ3v) is 8.74. The zero-order valence-corrected chi connectivity index (χ0v) is 28.8. The Hall–Kier alpha value is -2.61. The van der Waals surface area contributed by atoms with E-state index < -0.39 is 17.2 Å². The molecule has 44 heavy (non-hydrogen) atoms. The smallest absolute Gasteiger partial charge is 0.340 e. The van der Waals surface area contributed by atoms with Crippen molar-refractivity contribution >= 4 is 48.7 Å². The normalized spacial score (nSPS) is 17.1. The summed E-state index contributed by atoms with van der Waals surface area (Å²) in [6.07, 6.45) is 2.16. The van der Waals surface area contributed by atoms with Crippen LogP contribution >= 0.6 is 31.8 Å². The maximum Gasteiger partial charge on any atom is 0.340 e. The van der Waals surface area contributed by atoms with Crippen LogP contribution in [0.25, 0.3) is 0 Å². The molecule has 0 radical (unpaired) electrons. The third kappa shape index (κ3) is 9.95. The number of benzene rings is 2. The molecule has 0 amide bonds. The van der Waals surface area contributed by atoms with Crippen LogP contribution in [-0.4, -0.2) is 65.4 Å². The standard InChI is InChI=1S/C31H37Cl2N4O4P.C2H6/c1-30(2,3)41-29(38)22-7-12-28(34-18-22)31(4,39)20-36-14-15-37(27(19-36)21-5-8-23(32)9-6-21)26-11-10-24(17-25(26)33)42-16-13-35-40;1-2/h5-12,17-18,27,39,42H,13-16,19-20H2,1-4H3;1-2H3/t27-,31+;/m0./s1. The molecule has 0 bridgehead atoms. The summed E-state index contributed by atoms with van der Waals surface area (Å²) < 4.78 is 5.43. The van der Waals surface area contributed by atoms with E-state index in [9.17, 15) is 14.8 Å². The molecule has 0 spiro atoms. The highest BCUT2D eigenvalue weighted by atomic mass is 35.5. The number of nitrogens with zero attached hydrogens (tertiary/aromatic N) is 4. The minimum Gasteiger partial charge on any atom is -0.456 e. The first-order valence-corrected chi connectivity index (χ1v) is 16.8. The second kappa shape index (κ2) is 16.1. The van der Waals surface area contributed by atoms with Crippen molar-refractivity contribution in [1.82, 2.24) is 9.88 Å². The van der Waals surface area contributed by atoms with E-state index in [1.165, 1.54) is 6.20 Å². The number of piperazine rings is 1. The van der Waals surface area contributed by atoms with Crippen LogP contribution in [0.4, 0.5) is 5.69 Å². The van der Waals surface area contributed by atoms with Crippen molar-refractivity contribution in [3.05, 3.63) is 92.6 Å². The van der Waals surface area contributed by atoms with Gasteiger partial charge >= 0.3 is 5.97 Å². The Balaban J connectivity index is 0.00000259. The Morgan fingerprint density at radius 2 is 1.77 bits per heavy atom. The average Bonchev–Trinajstić information content (AvgIpc) is 2.98. The lowest BCUT2D eigenvalue weighted by atomic mass is 9.97. The van der Waals surface area contributed by atoms with Crippen molar-refractivity contribution in [2.45, 2.75) is 58.8 Å². The van der Waals surface area contributed by atoms with E-state index in [0.29, 0.717) is 68.8 Å². The molecule has 11 heteroatoms. The molecule has 1 aromatic heterocycles. The fraction of sp³-hybridized carbons (Fsp3) is 0.455. The number of rotatable bonds is 10. The van der Waals surface area contributed by atoms with E-state index in [0.717, 1.165) is 16.6 Å². The summed E-state index contributed by atoms with van der Waals surface area (Å²) in [5.74, 6) is -0.451. The number of esters is 1. The van der Waals surface area contributed by atoms with Gasteiger partial charge in [0.1, 0.15) is 11.2 Å². The number of carbonyl (C=O) groups excluding carboxylic acids is 1. The molecule has 2 aromatic carbocycles. The van der Waals surface area contributed by atoms with Gasteiger partial charge in [0.15, 0.2) is 0 Å². The van der Waals surface area contributed by atoms with E-state index >= 15 is 0 Å². The van der Waals surface area contributed by atoms with Gasteiger partial charge in [-0.1, -0.05) is 69.0 Å². The van der Waals surface area contributed by atoms with Crippen LogP contribution in [-0.2, 0) is 10.3 Å². The summed E-state index contributed by atoms with van der Waals surface area (Å²) in [5, 5.41) is 16.9. The molecule has 3 aromatic rings. The summed E-state index contributed by atoms with van der Waals surface area (Å²) in [6.45, 7) is 13.8. The van der Waals surface area contributed by atoms with Crippen molar-refractivity contribution in [2.24, 2.45) is 5.18 Å². The Bertz CT molecular complexity index is 1380. The first kappa shape index (κ1) is 35.9. The number of halogens is 2. The largest absolute Gasteiger partial charge is 0.456 e. The van der Waals surface area contributed by atoms with Crippen LogP contribution in [0.1, 0.15) is 69.2 Å². The van der Waals surface area contributed by atoms with Gasteiger partial charge in [-0.3, -0.25) is 9.88 Å². The Labute approximate surface area is 272 Å². The predicted molar refractivity (Wildman–Crippen MR) is 183 cm³/mol. The van der Waals surface area contributed by atoms with Crippen molar-refractivity contribution in [2.75, 3.05) is 43.8 Å². The highest BCUT2D eigenvalue weighted by Gasteiger charge is 2.35. The van der Waals surface area contributed by atoms with Gasteiger partial charge in [-0.25, -0.2) is 4.79 Å². The molecule has 1 fully saturated rings. The Morgan fingerprint density at radius 3 is 2.36 bits per heavy atom. The first-order chi connectivity index (χ1) is 20.9. The predicted octanol–water partition coefficient (Wildman–Crippen LogP) is 7.21. The second-order valence-electron chi connectivity index (χ2n) is 11.6. The number of hydrogen-bond acceptors (Lipinski definition) is 8. The molecule has 4 rings (SSSR count). The minimum atomic E-state index is -1.25. The van der Waals surface area contributed by atoms with Crippen LogP contribution in [0.15, 0.2) is 66.0 Å². The number of hydrogen-bond donors (Lipinski definition) is 1. The molecule has 1 aliphatic rings. The average molecular weight is 662 g/mol. The number of aliphatic hydroxyl groups is 1. The molecule has 1 N–H and O–H groups in total. The zero-order valence-electron chi connectivity index (χ0n) is 26.3. The molecule has 1 unspecified atom stereocenters. The molecule has 1 saturated heterocycles. The third-order valence-electron chi connectivity index (χ3n) is 6.99. The molecular weight excluding hydrogens is 618 g/mol. The van der Waals surface area contributed by atoms with Crippen LogP contribution in [0, 0.1) is 4.91 Å². The van der Waals surface area contributed by atoms with Gasteiger partial charge in [0.05, 0.1) is 34.6 Å². The number of nitroso groups, excluding NO2 is 1. The molecule has 238 valence electrons. The summed E-state index contributed by atoms with van der Waals surface area (Å²) >= 11 is 13.0. The van der Waals surface area contributed by atoms with Gasteiger partial charge in [-0.2, -0.15) is 4.91 Å². The molecule has 0 saturated carbocycles. The topological polar surface area (TPSA) is 95.3 Å². The van der Waals surface area contributed by atoms with E-state index in [1.54, 1.807) is 19.1 Å². The molecular formula is C33H43Cl2N4O4P. The van der Waals surface area contributed by atoms with Crippen LogP contribution in [0.2, 0.25) is 10.0 Å². The van der Waals surface area contributed by atoms with Gasteiger partial charge in [-0.15, -0.1) is 0 Å². The monoisotopic (exact) mass is 660 g/mol. The van der Waals surface area contributed by atoms with Crippen molar-refractivity contribution in [1.29, 1.82) is 0 Å². The van der Waals surface area contributed by atoms with Crippen molar-refractivity contribution in [3.8, 4) is 0 Å². The molecule has 2 heterocycles. The number of anilines is 1. The molecule has 0 aliphatic carbocycles. The first-order valence-electron chi connectivity index (χ1n) is 14.9.